The molecule has 0 saturated heterocycles. The van der Waals surface area contributed by atoms with Crippen LogP contribution in [0.3, 0.4) is 0 Å². The first-order valence-electron chi connectivity index (χ1n) is 7.79. The van der Waals surface area contributed by atoms with Crippen molar-refractivity contribution in [1.29, 1.82) is 0 Å². The SMILES string of the molecule is CNC(C)CNC(=O)C(NC(=O)c1ccc(OC)cc1)C(C)C. The molecule has 0 saturated carbocycles. The highest BCUT2D eigenvalue weighted by molar-refractivity contribution is 5.97. The van der Waals surface area contributed by atoms with Gasteiger partial charge in [-0.3, -0.25) is 9.59 Å². The van der Waals surface area contributed by atoms with Gasteiger partial charge in [-0.2, -0.15) is 0 Å². The van der Waals surface area contributed by atoms with E-state index in [9.17, 15) is 9.59 Å². The third-order valence-electron chi connectivity index (χ3n) is 3.66. The Labute approximate surface area is 138 Å². The van der Waals surface area contributed by atoms with Crippen LogP contribution >= 0.6 is 0 Å². The fourth-order valence-corrected chi connectivity index (χ4v) is 1.97. The van der Waals surface area contributed by atoms with Crippen LogP contribution in [-0.2, 0) is 4.79 Å². The molecule has 0 spiro atoms. The summed E-state index contributed by atoms with van der Waals surface area (Å²) in [6, 6.07) is 6.37. The summed E-state index contributed by atoms with van der Waals surface area (Å²) in [5.41, 5.74) is 0.493. The molecule has 1 aromatic carbocycles. The van der Waals surface area contributed by atoms with Crippen LogP contribution in [0.15, 0.2) is 24.3 Å². The van der Waals surface area contributed by atoms with Gasteiger partial charge in [-0.15, -0.1) is 0 Å². The van der Waals surface area contributed by atoms with Gasteiger partial charge < -0.3 is 20.7 Å². The number of nitrogens with one attached hydrogen (secondary N) is 3. The quantitative estimate of drug-likeness (QED) is 0.672. The molecule has 6 nitrogen and oxygen atoms in total. The lowest BCUT2D eigenvalue weighted by molar-refractivity contribution is -0.124. The van der Waals surface area contributed by atoms with E-state index in [-0.39, 0.29) is 23.8 Å². The Bertz CT molecular complexity index is 514. The Balaban J connectivity index is 2.70. The van der Waals surface area contributed by atoms with Crippen molar-refractivity contribution in [3.05, 3.63) is 29.8 Å². The van der Waals surface area contributed by atoms with Crippen LogP contribution in [0.2, 0.25) is 0 Å². The van der Waals surface area contributed by atoms with Crippen molar-refractivity contribution >= 4 is 11.8 Å². The summed E-state index contributed by atoms with van der Waals surface area (Å²) in [5, 5.41) is 8.71. The zero-order chi connectivity index (χ0) is 17.4. The molecule has 1 rings (SSSR count). The number of amides is 2. The third-order valence-corrected chi connectivity index (χ3v) is 3.66. The Morgan fingerprint density at radius 2 is 1.74 bits per heavy atom. The van der Waals surface area contributed by atoms with Crippen LogP contribution in [0.4, 0.5) is 0 Å². The summed E-state index contributed by atoms with van der Waals surface area (Å²) in [6.45, 7) is 6.29. The van der Waals surface area contributed by atoms with E-state index in [2.05, 4.69) is 16.0 Å². The molecule has 2 amide bonds. The minimum Gasteiger partial charge on any atom is -0.497 e. The molecular formula is C17H27N3O3. The summed E-state index contributed by atoms with van der Waals surface area (Å²) in [7, 11) is 3.41. The Morgan fingerprint density at radius 3 is 2.22 bits per heavy atom. The summed E-state index contributed by atoms with van der Waals surface area (Å²) in [5.74, 6) is 0.218. The van der Waals surface area contributed by atoms with Gasteiger partial charge in [0, 0.05) is 18.2 Å². The maximum absolute atomic E-state index is 12.3. The topological polar surface area (TPSA) is 79.5 Å². The Morgan fingerprint density at radius 1 is 1.13 bits per heavy atom. The zero-order valence-electron chi connectivity index (χ0n) is 14.5. The fraction of sp³-hybridized carbons (Fsp3) is 0.529. The molecule has 0 radical (unpaired) electrons. The number of carbonyl (C=O) groups excluding carboxylic acids is 2. The zero-order valence-corrected chi connectivity index (χ0v) is 14.5. The number of ether oxygens (including phenoxy) is 1. The van der Waals surface area contributed by atoms with Crippen molar-refractivity contribution < 1.29 is 14.3 Å². The molecule has 0 aromatic heterocycles. The number of benzene rings is 1. The van der Waals surface area contributed by atoms with Crippen LogP contribution in [0.25, 0.3) is 0 Å². The van der Waals surface area contributed by atoms with Crippen LogP contribution in [0.1, 0.15) is 31.1 Å². The van der Waals surface area contributed by atoms with E-state index in [1.165, 1.54) is 0 Å². The number of rotatable bonds is 8. The second-order valence-corrected chi connectivity index (χ2v) is 5.86. The van der Waals surface area contributed by atoms with Gasteiger partial charge in [-0.05, 0) is 44.2 Å². The van der Waals surface area contributed by atoms with Crippen molar-refractivity contribution in [2.75, 3.05) is 20.7 Å². The molecular weight excluding hydrogens is 294 g/mol. The predicted molar refractivity (Wildman–Crippen MR) is 90.6 cm³/mol. The molecule has 6 heteroatoms. The molecule has 0 bridgehead atoms. The molecule has 0 aliphatic heterocycles. The first-order chi connectivity index (χ1) is 10.9. The maximum atomic E-state index is 12.3. The van der Waals surface area contributed by atoms with Gasteiger partial charge in [0.1, 0.15) is 11.8 Å². The van der Waals surface area contributed by atoms with E-state index in [0.717, 1.165) is 0 Å². The third kappa shape index (κ3) is 5.90. The number of hydrogen-bond donors (Lipinski definition) is 3. The minimum atomic E-state index is -0.575. The molecule has 2 unspecified atom stereocenters. The standard InChI is InChI=1S/C17H27N3O3/c1-11(2)15(17(22)19-10-12(3)18-4)20-16(21)13-6-8-14(23-5)9-7-13/h6-9,11-12,15,18H,10H2,1-5H3,(H,19,22)(H,20,21). The van der Waals surface area contributed by atoms with Gasteiger partial charge in [-0.1, -0.05) is 13.8 Å². The summed E-state index contributed by atoms with van der Waals surface area (Å²) < 4.78 is 5.07. The average molecular weight is 321 g/mol. The molecule has 128 valence electrons. The Kier molecular flexibility index (Phi) is 7.54. The van der Waals surface area contributed by atoms with Gasteiger partial charge >= 0.3 is 0 Å². The molecule has 0 aliphatic carbocycles. The van der Waals surface area contributed by atoms with Gasteiger partial charge in [0.05, 0.1) is 7.11 Å². The largest absolute Gasteiger partial charge is 0.497 e. The normalized spacial score (nSPS) is 13.3. The average Bonchev–Trinajstić information content (AvgIpc) is 2.56. The number of likely N-dealkylation sites (N-methyl/N-ethyl adjacent to an activating group) is 1. The monoisotopic (exact) mass is 321 g/mol. The van der Waals surface area contributed by atoms with Gasteiger partial charge in [-0.25, -0.2) is 0 Å². The number of methoxy groups -OCH3 is 1. The molecule has 23 heavy (non-hydrogen) atoms. The first kappa shape index (κ1) is 19.0. The van der Waals surface area contributed by atoms with Crippen LogP contribution in [0, 0.1) is 5.92 Å². The number of carbonyl (C=O) groups is 2. The second-order valence-electron chi connectivity index (χ2n) is 5.86. The highest BCUT2D eigenvalue weighted by Crippen LogP contribution is 2.12. The minimum absolute atomic E-state index is 0.0120. The van der Waals surface area contributed by atoms with Gasteiger partial charge in [0.25, 0.3) is 5.91 Å². The van der Waals surface area contributed by atoms with Crippen molar-refractivity contribution in [1.82, 2.24) is 16.0 Å². The lowest BCUT2D eigenvalue weighted by Gasteiger charge is -2.23. The van der Waals surface area contributed by atoms with Crippen LogP contribution in [0.5, 0.6) is 5.75 Å². The Hall–Kier alpha value is -2.08. The highest BCUT2D eigenvalue weighted by Gasteiger charge is 2.24. The predicted octanol–water partition coefficient (Wildman–Crippen LogP) is 1.17. The first-order valence-corrected chi connectivity index (χ1v) is 7.79. The molecule has 0 aliphatic rings. The molecule has 0 fully saturated rings. The molecule has 3 N–H and O–H groups in total. The van der Waals surface area contributed by atoms with Crippen molar-refractivity contribution in [3.63, 3.8) is 0 Å². The second kappa shape index (κ2) is 9.15. The van der Waals surface area contributed by atoms with Gasteiger partial charge in [0.2, 0.25) is 5.91 Å². The van der Waals surface area contributed by atoms with E-state index < -0.39 is 6.04 Å². The van der Waals surface area contributed by atoms with Gasteiger partial charge in [0.15, 0.2) is 0 Å². The van der Waals surface area contributed by atoms with Crippen molar-refractivity contribution in [3.8, 4) is 5.75 Å². The summed E-state index contributed by atoms with van der Waals surface area (Å²) in [4.78, 5) is 24.6. The summed E-state index contributed by atoms with van der Waals surface area (Å²) in [6.07, 6.45) is 0. The lowest BCUT2D eigenvalue weighted by Crippen LogP contribution is -2.51. The van der Waals surface area contributed by atoms with Crippen molar-refractivity contribution in [2.45, 2.75) is 32.9 Å². The highest BCUT2D eigenvalue weighted by atomic mass is 16.5. The number of hydrogen-bond acceptors (Lipinski definition) is 4. The maximum Gasteiger partial charge on any atom is 0.251 e. The summed E-state index contributed by atoms with van der Waals surface area (Å²) >= 11 is 0. The van der Waals surface area contributed by atoms with E-state index in [1.807, 2.05) is 27.8 Å². The lowest BCUT2D eigenvalue weighted by atomic mass is 10.0. The van der Waals surface area contributed by atoms with Crippen molar-refractivity contribution in [2.24, 2.45) is 5.92 Å². The van der Waals surface area contributed by atoms with E-state index in [4.69, 9.17) is 4.74 Å². The van der Waals surface area contributed by atoms with E-state index >= 15 is 0 Å². The van der Waals surface area contributed by atoms with E-state index in [0.29, 0.717) is 17.9 Å². The fourth-order valence-electron chi connectivity index (χ4n) is 1.97. The smallest absolute Gasteiger partial charge is 0.251 e. The van der Waals surface area contributed by atoms with Crippen LogP contribution in [-0.4, -0.2) is 44.6 Å². The molecule has 1 aromatic rings. The van der Waals surface area contributed by atoms with E-state index in [1.54, 1.807) is 31.4 Å². The van der Waals surface area contributed by atoms with Crippen LogP contribution < -0.4 is 20.7 Å². The molecule has 2 atom stereocenters. The molecule has 0 heterocycles.